The van der Waals surface area contributed by atoms with Crippen molar-refractivity contribution in [1.29, 1.82) is 0 Å². The number of ether oxygens (including phenoxy) is 1. The van der Waals surface area contributed by atoms with Gasteiger partial charge in [0.25, 0.3) is 0 Å². The Morgan fingerprint density at radius 3 is 2.12 bits per heavy atom. The van der Waals surface area contributed by atoms with Crippen LogP contribution < -0.4 is 4.74 Å². The largest absolute Gasteiger partial charge is 0.573 e. The van der Waals surface area contributed by atoms with E-state index in [-0.39, 0.29) is 6.07 Å². The minimum atomic E-state index is -5.45. The van der Waals surface area contributed by atoms with Crippen LogP contribution in [0.25, 0.3) is 0 Å². The molecule has 1 aromatic rings. The van der Waals surface area contributed by atoms with Crippen molar-refractivity contribution in [3.05, 3.63) is 33.6 Å². The fraction of sp³-hybridized carbons (Fsp3) is 0.143. The molecular weight excluding hydrogens is 260 g/mol. The van der Waals surface area contributed by atoms with Gasteiger partial charge in [-0.1, -0.05) is 0 Å². The zero-order valence-electron chi connectivity index (χ0n) is 7.52. The highest BCUT2D eigenvalue weighted by atomic mass is 19.4. The topological polar surface area (TPSA) is 52.4 Å². The second-order valence-corrected chi connectivity index (χ2v) is 2.64. The molecule has 0 spiro atoms. The third kappa shape index (κ3) is 2.77. The van der Waals surface area contributed by atoms with Gasteiger partial charge in [0.15, 0.2) is 5.82 Å². The van der Waals surface area contributed by atoms with Gasteiger partial charge in [-0.3, -0.25) is 10.1 Å². The van der Waals surface area contributed by atoms with Crippen LogP contribution in [0.3, 0.4) is 0 Å². The predicted molar refractivity (Wildman–Crippen MR) is 39.7 cm³/mol. The summed E-state index contributed by atoms with van der Waals surface area (Å²) in [6.45, 7) is 0. The molecule has 0 aliphatic rings. The Bertz CT molecular complexity index is 472. The van der Waals surface area contributed by atoms with Crippen LogP contribution in [0.1, 0.15) is 0 Å². The van der Waals surface area contributed by atoms with E-state index in [4.69, 9.17) is 0 Å². The highest BCUT2D eigenvalue weighted by molar-refractivity contribution is 5.41. The van der Waals surface area contributed by atoms with Crippen molar-refractivity contribution in [3.63, 3.8) is 0 Å². The lowest BCUT2D eigenvalue weighted by Crippen LogP contribution is -2.19. The minimum Gasteiger partial charge on any atom is -0.399 e. The average Bonchev–Trinajstić information content (AvgIpc) is 2.16. The zero-order chi connectivity index (χ0) is 13.4. The predicted octanol–water partition coefficient (Wildman–Crippen LogP) is 2.91. The molecule has 0 bridgehead atoms. The molecule has 0 amide bonds. The first-order valence-corrected chi connectivity index (χ1v) is 3.71. The van der Waals surface area contributed by atoms with Crippen LogP contribution in [-0.4, -0.2) is 11.3 Å². The maximum Gasteiger partial charge on any atom is 0.573 e. The summed E-state index contributed by atoms with van der Waals surface area (Å²) in [6, 6.07) is -0.209. The van der Waals surface area contributed by atoms with Crippen LogP contribution in [0.5, 0.6) is 5.75 Å². The number of benzene rings is 1. The van der Waals surface area contributed by atoms with Crippen LogP contribution >= 0.6 is 0 Å². The Hall–Kier alpha value is -2.00. The first kappa shape index (κ1) is 13.1. The van der Waals surface area contributed by atoms with E-state index in [9.17, 15) is 36.5 Å². The van der Waals surface area contributed by atoms with Gasteiger partial charge >= 0.3 is 12.0 Å². The Labute approximate surface area is 88.6 Å². The van der Waals surface area contributed by atoms with E-state index >= 15 is 0 Å². The molecule has 17 heavy (non-hydrogen) atoms. The highest BCUT2D eigenvalue weighted by Crippen LogP contribution is 2.33. The Balaban J connectivity index is 3.36. The molecule has 0 saturated heterocycles. The summed E-state index contributed by atoms with van der Waals surface area (Å²) in [6.07, 6.45) is -5.45. The molecule has 10 heteroatoms. The van der Waals surface area contributed by atoms with E-state index in [0.717, 1.165) is 0 Å². The lowest BCUT2D eigenvalue weighted by Gasteiger charge is -2.10. The number of halogens is 6. The average molecular weight is 261 g/mol. The van der Waals surface area contributed by atoms with Gasteiger partial charge in [-0.2, -0.15) is 8.78 Å². The number of hydrogen-bond acceptors (Lipinski definition) is 3. The normalized spacial score (nSPS) is 11.4. The third-order valence-corrected chi connectivity index (χ3v) is 1.51. The molecule has 0 saturated carbocycles. The summed E-state index contributed by atoms with van der Waals surface area (Å²) in [4.78, 5) is 8.60. The first-order chi connectivity index (χ1) is 7.63. The maximum atomic E-state index is 12.9. The monoisotopic (exact) mass is 261 g/mol. The van der Waals surface area contributed by atoms with Gasteiger partial charge in [-0.05, 0) is 0 Å². The smallest absolute Gasteiger partial charge is 0.399 e. The molecule has 0 unspecified atom stereocenters. The van der Waals surface area contributed by atoms with Crippen LogP contribution in [0, 0.1) is 27.6 Å². The Morgan fingerprint density at radius 2 is 1.71 bits per heavy atom. The van der Waals surface area contributed by atoms with Gasteiger partial charge in [0, 0.05) is 0 Å². The molecule has 4 nitrogen and oxygen atoms in total. The number of alkyl halides is 3. The number of nitrogens with zero attached hydrogens (tertiary/aromatic N) is 1. The maximum absolute atomic E-state index is 12.9. The molecule has 0 heterocycles. The summed E-state index contributed by atoms with van der Waals surface area (Å²) in [5.41, 5.74) is -1.63. The molecule has 1 rings (SSSR count). The van der Waals surface area contributed by atoms with Crippen molar-refractivity contribution >= 4 is 5.69 Å². The van der Waals surface area contributed by atoms with E-state index in [1.54, 1.807) is 0 Å². The Morgan fingerprint density at radius 1 is 1.18 bits per heavy atom. The number of nitro benzene ring substituents is 1. The lowest BCUT2D eigenvalue weighted by molar-refractivity contribution is -0.388. The fourth-order valence-electron chi connectivity index (χ4n) is 0.908. The quantitative estimate of drug-likeness (QED) is 0.356. The molecule has 0 fully saturated rings. The van der Waals surface area contributed by atoms with Gasteiger partial charge in [0.1, 0.15) is 0 Å². The molecule has 1 aromatic carbocycles. The van der Waals surface area contributed by atoms with Gasteiger partial charge in [-0.25, -0.2) is 4.39 Å². The van der Waals surface area contributed by atoms with Crippen LogP contribution in [0.15, 0.2) is 6.07 Å². The summed E-state index contributed by atoms with van der Waals surface area (Å²) in [7, 11) is 0. The van der Waals surface area contributed by atoms with Crippen LogP contribution in [0.4, 0.5) is 32.0 Å². The van der Waals surface area contributed by atoms with E-state index in [0.29, 0.717) is 0 Å². The molecule has 94 valence electrons. The molecule has 0 aromatic heterocycles. The molecule has 0 atom stereocenters. The SMILES string of the molecule is O=[N+]([O-])c1cc(F)c(OC(F)(F)F)c(F)c1F. The molecule has 0 N–H and O–H groups in total. The van der Waals surface area contributed by atoms with Crippen molar-refractivity contribution in [2.75, 3.05) is 0 Å². The third-order valence-electron chi connectivity index (χ3n) is 1.51. The van der Waals surface area contributed by atoms with E-state index < -0.39 is 40.2 Å². The lowest BCUT2D eigenvalue weighted by atomic mass is 10.2. The number of rotatable bonds is 2. The molecule has 0 aliphatic carbocycles. The summed E-state index contributed by atoms with van der Waals surface area (Å²) < 4.78 is 76.5. The van der Waals surface area contributed by atoms with E-state index in [2.05, 4.69) is 4.74 Å². The standard InChI is InChI=1S/C7HF6NO3/c8-2-1-3(14(15)16)4(9)5(10)6(2)17-7(11,12)13/h1H. The van der Waals surface area contributed by atoms with Crippen molar-refractivity contribution in [1.82, 2.24) is 0 Å². The number of hydrogen-bond donors (Lipinski definition) is 0. The van der Waals surface area contributed by atoms with Gasteiger partial charge in [-0.15, -0.1) is 13.2 Å². The molecular formula is C7HF6NO3. The van der Waals surface area contributed by atoms with Crippen molar-refractivity contribution in [2.24, 2.45) is 0 Å². The van der Waals surface area contributed by atoms with Crippen molar-refractivity contribution in [3.8, 4) is 5.75 Å². The Kier molecular flexibility index (Phi) is 3.16. The number of nitro groups is 1. The summed E-state index contributed by atoms with van der Waals surface area (Å²) >= 11 is 0. The molecule has 0 radical (unpaired) electrons. The second kappa shape index (κ2) is 4.11. The minimum absolute atomic E-state index is 0.209. The van der Waals surface area contributed by atoms with E-state index in [1.807, 2.05) is 0 Å². The van der Waals surface area contributed by atoms with Crippen LogP contribution in [0.2, 0.25) is 0 Å². The van der Waals surface area contributed by atoms with E-state index in [1.165, 1.54) is 0 Å². The van der Waals surface area contributed by atoms with Gasteiger partial charge in [0.05, 0.1) is 11.0 Å². The van der Waals surface area contributed by atoms with Crippen LogP contribution in [-0.2, 0) is 0 Å². The first-order valence-electron chi connectivity index (χ1n) is 3.71. The second-order valence-electron chi connectivity index (χ2n) is 2.64. The summed E-state index contributed by atoms with van der Waals surface area (Å²) in [5.74, 6) is -8.78. The van der Waals surface area contributed by atoms with Crippen molar-refractivity contribution in [2.45, 2.75) is 6.36 Å². The highest BCUT2D eigenvalue weighted by Gasteiger charge is 2.37. The summed E-state index contributed by atoms with van der Waals surface area (Å²) in [5, 5.41) is 10.1. The fourth-order valence-corrected chi connectivity index (χ4v) is 0.908. The molecule has 0 aliphatic heterocycles. The van der Waals surface area contributed by atoms with Crippen molar-refractivity contribution < 1.29 is 36.0 Å². The van der Waals surface area contributed by atoms with Gasteiger partial charge < -0.3 is 4.74 Å². The van der Waals surface area contributed by atoms with Gasteiger partial charge in [0.2, 0.25) is 17.4 Å². The zero-order valence-corrected chi connectivity index (χ0v) is 7.52.